The molecule has 0 saturated carbocycles. The van der Waals surface area contributed by atoms with Crippen LogP contribution in [0.15, 0.2) is 31.0 Å². The molecule has 3 heterocycles. The van der Waals surface area contributed by atoms with E-state index >= 15 is 0 Å². The van der Waals surface area contributed by atoms with Crippen molar-refractivity contribution in [2.45, 2.75) is 0 Å². The third kappa shape index (κ3) is 1.34. The molecule has 0 spiro atoms. The summed E-state index contributed by atoms with van der Waals surface area (Å²) in [5.41, 5.74) is 3.08. The van der Waals surface area contributed by atoms with E-state index in [2.05, 4.69) is 35.6 Å². The number of H-pyrrole nitrogens is 2. The Balaban J connectivity index is 2.19. The van der Waals surface area contributed by atoms with Crippen LogP contribution in [0.5, 0.6) is 0 Å². The summed E-state index contributed by atoms with van der Waals surface area (Å²) in [5.74, 6) is 0. The van der Waals surface area contributed by atoms with Crippen molar-refractivity contribution >= 4 is 0 Å². The van der Waals surface area contributed by atoms with E-state index in [0.717, 1.165) is 11.3 Å². The highest BCUT2D eigenvalue weighted by Crippen LogP contribution is 2.25. The van der Waals surface area contributed by atoms with Gasteiger partial charge in [0.05, 0.1) is 11.9 Å². The monoisotopic (exact) mass is 213 g/mol. The zero-order valence-electron chi connectivity index (χ0n) is 8.12. The van der Waals surface area contributed by atoms with E-state index in [4.69, 9.17) is 0 Å². The molecule has 0 unspecified atom stereocenters. The standard InChI is InChI=1S/C9H7N7/c1-2-12-14-7(1)6-3-10-5-11-9(6)8-4-13-16-15-8/h1-5H,(H,12,14)(H,13,15,16). The van der Waals surface area contributed by atoms with Crippen LogP contribution in [0.3, 0.4) is 0 Å². The number of hydrogen-bond donors (Lipinski definition) is 2. The lowest BCUT2D eigenvalue weighted by atomic mass is 10.1. The quantitative estimate of drug-likeness (QED) is 0.651. The van der Waals surface area contributed by atoms with Gasteiger partial charge in [-0.15, -0.1) is 0 Å². The summed E-state index contributed by atoms with van der Waals surface area (Å²) in [5, 5.41) is 17.1. The molecule has 3 aromatic rings. The summed E-state index contributed by atoms with van der Waals surface area (Å²) in [6.07, 6.45) is 6.48. The van der Waals surface area contributed by atoms with Crippen molar-refractivity contribution in [2.24, 2.45) is 0 Å². The summed E-state index contributed by atoms with van der Waals surface area (Å²) in [6, 6.07) is 1.85. The molecule has 0 atom stereocenters. The average molecular weight is 213 g/mol. The second kappa shape index (κ2) is 3.54. The lowest BCUT2D eigenvalue weighted by Crippen LogP contribution is -1.91. The Morgan fingerprint density at radius 1 is 1.12 bits per heavy atom. The Morgan fingerprint density at radius 2 is 2.12 bits per heavy atom. The van der Waals surface area contributed by atoms with Crippen LogP contribution in [-0.2, 0) is 0 Å². The minimum absolute atomic E-state index is 0.673. The number of nitrogens with zero attached hydrogens (tertiary/aromatic N) is 5. The molecule has 0 aliphatic heterocycles. The summed E-state index contributed by atoms with van der Waals surface area (Å²) in [6.45, 7) is 0. The zero-order valence-corrected chi connectivity index (χ0v) is 8.12. The lowest BCUT2D eigenvalue weighted by Gasteiger charge is -2.01. The van der Waals surface area contributed by atoms with Gasteiger partial charge in [-0.3, -0.25) is 5.10 Å². The van der Waals surface area contributed by atoms with Gasteiger partial charge < -0.3 is 0 Å². The number of aromatic amines is 2. The van der Waals surface area contributed by atoms with Gasteiger partial charge in [-0.2, -0.15) is 20.5 Å². The topological polar surface area (TPSA) is 96.0 Å². The SMILES string of the molecule is c1cc(-c2cncnc2-c2cn[nH]n2)[nH]n1. The lowest BCUT2D eigenvalue weighted by molar-refractivity contribution is 0.940. The Bertz CT molecular complexity index is 516. The molecule has 0 aromatic carbocycles. The van der Waals surface area contributed by atoms with Gasteiger partial charge >= 0.3 is 0 Å². The molecular weight excluding hydrogens is 206 g/mol. The van der Waals surface area contributed by atoms with E-state index in [1.807, 2.05) is 6.07 Å². The summed E-state index contributed by atoms with van der Waals surface area (Å²) < 4.78 is 0. The third-order valence-electron chi connectivity index (χ3n) is 2.16. The first-order valence-electron chi connectivity index (χ1n) is 4.61. The van der Waals surface area contributed by atoms with Crippen LogP contribution >= 0.6 is 0 Å². The molecule has 78 valence electrons. The fourth-order valence-corrected chi connectivity index (χ4v) is 1.45. The van der Waals surface area contributed by atoms with E-state index in [1.165, 1.54) is 6.33 Å². The van der Waals surface area contributed by atoms with E-state index in [1.54, 1.807) is 18.6 Å². The molecule has 2 N–H and O–H groups in total. The van der Waals surface area contributed by atoms with Crippen LogP contribution in [-0.4, -0.2) is 35.6 Å². The van der Waals surface area contributed by atoms with E-state index in [-0.39, 0.29) is 0 Å². The van der Waals surface area contributed by atoms with Gasteiger partial charge in [-0.25, -0.2) is 9.97 Å². The van der Waals surface area contributed by atoms with Crippen LogP contribution in [0.4, 0.5) is 0 Å². The molecule has 7 heteroatoms. The first-order chi connectivity index (χ1) is 7.95. The van der Waals surface area contributed by atoms with Crippen LogP contribution < -0.4 is 0 Å². The molecule has 0 aliphatic carbocycles. The predicted molar refractivity (Wildman–Crippen MR) is 55.0 cm³/mol. The van der Waals surface area contributed by atoms with Crippen LogP contribution in [0, 0.1) is 0 Å². The van der Waals surface area contributed by atoms with Gasteiger partial charge in [0.2, 0.25) is 0 Å². The average Bonchev–Trinajstić information content (AvgIpc) is 3.03. The van der Waals surface area contributed by atoms with Gasteiger partial charge in [-0.05, 0) is 6.07 Å². The molecule has 3 aromatic heterocycles. The zero-order chi connectivity index (χ0) is 10.8. The Labute approximate surface area is 90.0 Å². The van der Waals surface area contributed by atoms with Crippen LogP contribution in [0.1, 0.15) is 0 Å². The maximum atomic E-state index is 4.20. The van der Waals surface area contributed by atoms with Crippen LogP contribution in [0.25, 0.3) is 22.6 Å². The highest BCUT2D eigenvalue weighted by atomic mass is 15.3. The van der Waals surface area contributed by atoms with Crippen molar-refractivity contribution in [3.8, 4) is 22.6 Å². The minimum Gasteiger partial charge on any atom is -0.278 e. The Hall–Kier alpha value is -2.57. The third-order valence-corrected chi connectivity index (χ3v) is 2.16. The maximum Gasteiger partial charge on any atom is 0.131 e. The van der Waals surface area contributed by atoms with E-state index in [0.29, 0.717) is 11.4 Å². The van der Waals surface area contributed by atoms with Gasteiger partial charge in [-0.1, -0.05) is 0 Å². The van der Waals surface area contributed by atoms with Gasteiger partial charge in [0.1, 0.15) is 17.7 Å². The molecule has 16 heavy (non-hydrogen) atoms. The Kier molecular flexibility index (Phi) is 1.93. The molecule has 0 saturated heterocycles. The molecule has 0 aliphatic rings. The largest absolute Gasteiger partial charge is 0.278 e. The van der Waals surface area contributed by atoms with Crippen molar-refractivity contribution in [3.63, 3.8) is 0 Å². The predicted octanol–water partition coefficient (Wildman–Crippen LogP) is 0.652. The van der Waals surface area contributed by atoms with Crippen molar-refractivity contribution in [1.82, 2.24) is 35.6 Å². The maximum absolute atomic E-state index is 4.20. The second-order valence-corrected chi connectivity index (χ2v) is 3.11. The molecule has 0 radical (unpaired) electrons. The van der Waals surface area contributed by atoms with Crippen molar-refractivity contribution in [3.05, 3.63) is 31.0 Å². The molecule has 0 amide bonds. The number of nitrogens with one attached hydrogen (secondary N) is 2. The molecule has 7 nitrogen and oxygen atoms in total. The first kappa shape index (κ1) is 8.72. The van der Waals surface area contributed by atoms with Crippen molar-refractivity contribution in [1.29, 1.82) is 0 Å². The summed E-state index contributed by atoms with van der Waals surface area (Å²) in [7, 11) is 0. The molecule has 3 rings (SSSR count). The van der Waals surface area contributed by atoms with Crippen LogP contribution in [0.2, 0.25) is 0 Å². The number of aromatic nitrogens is 7. The summed E-state index contributed by atoms with van der Waals surface area (Å²) >= 11 is 0. The molecular formula is C9H7N7. The molecule has 0 fully saturated rings. The van der Waals surface area contributed by atoms with Crippen molar-refractivity contribution in [2.75, 3.05) is 0 Å². The Morgan fingerprint density at radius 3 is 2.88 bits per heavy atom. The van der Waals surface area contributed by atoms with Gasteiger partial charge in [0.15, 0.2) is 0 Å². The fraction of sp³-hybridized carbons (Fsp3) is 0. The van der Waals surface area contributed by atoms with Gasteiger partial charge in [0.25, 0.3) is 0 Å². The highest BCUT2D eigenvalue weighted by Gasteiger charge is 2.11. The second-order valence-electron chi connectivity index (χ2n) is 3.11. The summed E-state index contributed by atoms with van der Waals surface area (Å²) in [4.78, 5) is 8.19. The normalized spacial score (nSPS) is 10.5. The molecule has 0 bridgehead atoms. The van der Waals surface area contributed by atoms with E-state index in [9.17, 15) is 0 Å². The number of hydrogen-bond acceptors (Lipinski definition) is 5. The van der Waals surface area contributed by atoms with Gasteiger partial charge in [0, 0.05) is 18.0 Å². The fourth-order valence-electron chi connectivity index (χ4n) is 1.45. The van der Waals surface area contributed by atoms with E-state index < -0.39 is 0 Å². The number of rotatable bonds is 2. The first-order valence-corrected chi connectivity index (χ1v) is 4.61. The van der Waals surface area contributed by atoms with Crippen molar-refractivity contribution < 1.29 is 0 Å². The highest BCUT2D eigenvalue weighted by molar-refractivity contribution is 5.75. The smallest absolute Gasteiger partial charge is 0.131 e. The minimum atomic E-state index is 0.673.